The topological polar surface area (TPSA) is 83.6 Å². The maximum absolute atomic E-state index is 13.7. The highest BCUT2D eigenvalue weighted by atomic mass is 32.2. The van der Waals surface area contributed by atoms with Crippen LogP contribution in [0.15, 0.2) is 17.0 Å². The van der Waals surface area contributed by atoms with Gasteiger partial charge in [0.05, 0.1) is 6.10 Å². The molecular weight excluding hydrogens is 266 g/mol. The molecule has 0 amide bonds. The summed E-state index contributed by atoms with van der Waals surface area (Å²) in [6.45, 7) is -0.000719. The average molecular weight is 278 g/mol. The van der Waals surface area contributed by atoms with Crippen molar-refractivity contribution in [3.63, 3.8) is 0 Å². The smallest absolute Gasteiger partial charge is 0.246 e. The van der Waals surface area contributed by atoms with E-state index in [9.17, 15) is 22.3 Å². The monoisotopic (exact) mass is 278 g/mol. The van der Waals surface area contributed by atoms with Crippen molar-refractivity contribution in [1.82, 2.24) is 4.31 Å². The van der Waals surface area contributed by atoms with E-state index in [4.69, 9.17) is 5.73 Å². The van der Waals surface area contributed by atoms with Gasteiger partial charge in [-0.05, 0) is 18.6 Å². The number of hydrogen-bond donors (Lipinski definition) is 2. The molecule has 0 aliphatic carbocycles. The molecule has 0 bridgehead atoms. The summed E-state index contributed by atoms with van der Waals surface area (Å²) in [5, 5.41) is 9.29. The van der Waals surface area contributed by atoms with Gasteiger partial charge in [0.25, 0.3) is 0 Å². The first-order valence-electron chi connectivity index (χ1n) is 5.25. The second-order valence-corrected chi connectivity index (χ2v) is 5.99. The Labute approximate surface area is 103 Å². The van der Waals surface area contributed by atoms with E-state index in [1.165, 1.54) is 0 Å². The molecule has 1 unspecified atom stereocenters. The summed E-state index contributed by atoms with van der Waals surface area (Å²) in [5.41, 5.74) is 4.30. The normalized spacial score (nSPS) is 21.4. The molecule has 3 N–H and O–H groups in total. The van der Waals surface area contributed by atoms with Crippen LogP contribution >= 0.6 is 0 Å². The molecule has 18 heavy (non-hydrogen) atoms. The molecule has 1 atom stereocenters. The summed E-state index contributed by atoms with van der Waals surface area (Å²) in [6.07, 6.45) is -0.474. The molecule has 1 saturated heterocycles. The molecule has 0 saturated carbocycles. The van der Waals surface area contributed by atoms with Gasteiger partial charge < -0.3 is 10.8 Å². The summed E-state index contributed by atoms with van der Waals surface area (Å²) >= 11 is 0. The molecule has 0 aromatic heterocycles. The lowest BCUT2D eigenvalue weighted by Gasteiger charge is -2.16. The fourth-order valence-corrected chi connectivity index (χ4v) is 3.39. The van der Waals surface area contributed by atoms with Crippen molar-refractivity contribution in [3.05, 3.63) is 23.8 Å². The molecule has 5 nitrogen and oxygen atoms in total. The number of nitrogens with zero attached hydrogens (tertiary/aromatic N) is 1. The van der Waals surface area contributed by atoms with Crippen molar-refractivity contribution in [2.24, 2.45) is 0 Å². The molecule has 2 rings (SSSR count). The Kier molecular flexibility index (Phi) is 3.26. The van der Waals surface area contributed by atoms with Gasteiger partial charge in [-0.15, -0.1) is 0 Å². The zero-order chi connectivity index (χ0) is 13.5. The quantitative estimate of drug-likeness (QED) is 0.762. The van der Waals surface area contributed by atoms with E-state index in [2.05, 4.69) is 0 Å². The first-order valence-corrected chi connectivity index (χ1v) is 6.69. The third-order valence-electron chi connectivity index (χ3n) is 2.84. The molecule has 1 aliphatic rings. The third-order valence-corrected chi connectivity index (χ3v) is 4.72. The van der Waals surface area contributed by atoms with E-state index in [1.807, 2.05) is 0 Å². The highest BCUT2D eigenvalue weighted by Gasteiger charge is 2.34. The number of benzene rings is 1. The SMILES string of the molecule is Nc1c(F)ccc(S(=O)(=O)N2CCC(O)C2)c1F. The number of aliphatic hydroxyl groups is 1. The van der Waals surface area contributed by atoms with E-state index >= 15 is 0 Å². The number of anilines is 1. The Morgan fingerprint density at radius 2 is 2.06 bits per heavy atom. The molecule has 100 valence electrons. The molecule has 1 aliphatic heterocycles. The van der Waals surface area contributed by atoms with Gasteiger partial charge in [-0.25, -0.2) is 17.2 Å². The minimum Gasteiger partial charge on any atom is -0.394 e. The van der Waals surface area contributed by atoms with Gasteiger partial charge in [-0.1, -0.05) is 0 Å². The Morgan fingerprint density at radius 1 is 1.39 bits per heavy atom. The maximum Gasteiger partial charge on any atom is 0.246 e. The van der Waals surface area contributed by atoms with Crippen LogP contribution in [0.2, 0.25) is 0 Å². The summed E-state index contributed by atoms with van der Waals surface area (Å²) in [6, 6.07) is 1.64. The number of rotatable bonds is 2. The minimum absolute atomic E-state index is 0.0974. The molecule has 1 aromatic carbocycles. The Morgan fingerprint density at radius 3 is 2.61 bits per heavy atom. The second-order valence-electron chi connectivity index (χ2n) is 4.08. The molecule has 1 fully saturated rings. The number of β-amino-alcohol motifs (C(OH)–C–C–N with tert-alkyl or cyclic N) is 1. The number of aliphatic hydroxyl groups excluding tert-OH is 1. The van der Waals surface area contributed by atoms with E-state index in [0.29, 0.717) is 0 Å². The number of sulfonamides is 1. The van der Waals surface area contributed by atoms with Crippen molar-refractivity contribution in [1.29, 1.82) is 0 Å². The number of nitrogen functional groups attached to an aromatic ring is 1. The molecule has 0 radical (unpaired) electrons. The number of hydrogen-bond acceptors (Lipinski definition) is 4. The largest absolute Gasteiger partial charge is 0.394 e. The van der Waals surface area contributed by atoms with Crippen LogP contribution in [0.1, 0.15) is 6.42 Å². The maximum atomic E-state index is 13.7. The van der Waals surface area contributed by atoms with Gasteiger partial charge in [-0.3, -0.25) is 0 Å². The third kappa shape index (κ3) is 2.06. The predicted octanol–water partition coefficient (Wildman–Crippen LogP) is 0.302. The zero-order valence-electron chi connectivity index (χ0n) is 9.31. The first-order chi connectivity index (χ1) is 8.34. The summed E-state index contributed by atoms with van der Waals surface area (Å²) in [4.78, 5) is -0.671. The van der Waals surface area contributed by atoms with Crippen molar-refractivity contribution >= 4 is 15.7 Å². The molecule has 1 aromatic rings. The Balaban J connectivity index is 2.45. The lowest BCUT2D eigenvalue weighted by atomic mass is 10.3. The lowest BCUT2D eigenvalue weighted by molar-refractivity contribution is 0.189. The van der Waals surface area contributed by atoms with E-state index < -0.39 is 38.3 Å². The van der Waals surface area contributed by atoms with E-state index in [-0.39, 0.29) is 19.5 Å². The Hall–Kier alpha value is -1.25. The fourth-order valence-electron chi connectivity index (χ4n) is 1.82. The van der Waals surface area contributed by atoms with Crippen LogP contribution in [0.25, 0.3) is 0 Å². The van der Waals surface area contributed by atoms with Gasteiger partial charge in [0.2, 0.25) is 10.0 Å². The Bertz CT molecular complexity index is 577. The molecule has 8 heteroatoms. The lowest BCUT2D eigenvalue weighted by Crippen LogP contribution is -2.30. The van der Waals surface area contributed by atoms with Crippen molar-refractivity contribution in [2.75, 3.05) is 18.8 Å². The summed E-state index contributed by atoms with van der Waals surface area (Å²) in [7, 11) is -4.09. The van der Waals surface area contributed by atoms with Gasteiger partial charge in [-0.2, -0.15) is 4.31 Å². The van der Waals surface area contributed by atoms with Crippen LogP contribution < -0.4 is 5.73 Å². The van der Waals surface area contributed by atoms with Crippen LogP contribution in [0.5, 0.6) is 0 Å². The predicted molar refractivity (Wildman–Crippen MR) is 60.2 cm³/mol. The number of nitrogens with two attached hydrogens (primary N) is 1. The van der Waals surface area contributed by atoms with Crippen LogP contribution in [0.4, 0.5) is 14.5 Å². The van der Waals surface area contributed by atoms with Gasteiger partial charge in [0.1, 0.15) is 16.4 Å². The average Bonchev–Trinajstić information content (AvgIpc) is 2.73. The summed E-state index contributed by atoms with van der Waals surface area (Å²) < 4.78 is 51.7. The van der Waals surface area contributed by atoms with E-state index in [0.717, 1.165) is 16.4 Å². The molecular formula is C10H12F2N2O3S. The van der Waals surface area contributed by atoms with Crippen LogP contribution in [-0.4, -0.2) is 37.0 Å². The van der Waals surface area contributed by atoms with Crippen LogP contribution in [-0.2, 0) is 10.0 Å². The zero-order valence-corrected chi connectivity index (χ0v) is 10.1. The second kappa shape index (κ2) is 4.45. The minimum atomic E-state index is -4.09. The van der Waals surface area contributed by atoms with Crippen LogP contribution in [0.3, 0.4) is 0 Å². The number of halogens is 2. The first kappa shape index (κ1) is 13.2. The summed E-state index contributed by atoms with van der Waals surface area (Å²) in [5.74, 6) is -2.30. The van der Waals surface area contributed by atoms with E-state index in [1.54, 1.807) is 0 Å². The molecule has 1 heterocycles. The standard InChI is InChI=1S/C10H12F2N2O3S/c11-7-1-2-8(9(12)10(7)13)18(16,17)14-4-3-6(15)5-14/h1-2,6,15H,3-5,13H2. The fraction of sp³-hybridized carbons (Fsp3) is 0.400. The molecule has 0 spiro atoms. The van der Waals surface area contributed by atoms with Crippen molar-refractivity contribution < 1.29 is 22.3 Å². The van der Waals surface area contributed by atoms with Crippen molar-refractivity contribution in [2.45, 2.75) is 17.4 Å². The van der Waals surface area contributed by atoms with Crippen molar-refractivity contribution in [3.8, 4) is 0 Å². The van der Waals surface area contributed by atoms with Gasteiger partial charge in [0.15, 0.2) is 5.82 Å². The highest BCUT2D eigenvalue weighted by molar-refractivity contribution is 7.89. The van der Waals surface area contributed by atoms with Gasteiger partial charge in [0, 0.05) is 13.1 Å². The highest BCUT2D eigenvalue weighted by Crippen LogP contribution is 2.27. The van der Waals surface area contributed by atoms with Crippen LogP contribution in [0, 0.1) is 11.6 Å². The van der Waals surface area contributed by atoms with Gasteiger partial charge >= 0.3 is 0 Å².